The Morgan fingerprint density at radius 1 is 1.35 bits per heavy atom. The molecule has 122 valence electrons. The number of fused-ring (bicyclic) bond motifs is 1. The fraction of sp³-hybridized carbons (Fsp3) is 0.526. The molecule has 1 fully saturated rings. The van der Waals surface area contributed by atoms with Gasteiger partial charge in [0.05, 0.1) is 32.8 Å². The van der Waals surface area contributed by atoms with E-state index in [1.165, 1.54) is 11.1 Å². The lowest BCUT2D eigenvalue weighted by Crippen LogP contribution is -2.67. The predicted octanol–water partition coefficient (Wildman–Crippen LogP) is 1.37. The second-order valence-corrected chi connectivity index (χ2v) is 8.10. The summed E-state index contributed by atoms with van der Waals surface area (Å²) in [5.41, 5.74) is 8.61. The quantitative estimate of drug-likeness (QED) is 0.607. The third kappa shape index (κ3) is 2.01. The summed E-state index contributed by atoms with van der Waals surface area (Å²) in [6, 6.07) is 6.46. The van der Waals surface area contributed by atoms with Crippen molar-refractivity contribution >= 4 is 5.91 Å². The summed E-state index contributed by atoms with van der Waals surface area (Å²) in [5, 5.41) is 10.3. The van der Waals surface area contributed by atoms with Gasteiger partial charge in [-0.2, -0.15) is 0 Å². The third-order valence-corrected chi connectivity index (χ3v) is 6.56. The normalized spacial score (nSPS) is 36.9. The first kappa shape index (κ1) is 14.9. The zero-order chi connectivity index (χ0) is 16.4. The average Bonchev–Trinajstić information content (AvgIpc) is 2.50. The minimum Gasteiger partial charge on any atom is -0.389 e. The fourth-order valence-corrected chi connectivity index (χ4v) is 5.26. The molecule has 0 spiro atoms. The van der Waals surface area contributed by atoms with Crippen LogP contribution in [0.2, 0.25) is 0 Å². The molecule has 2 unspecified atom stereocenters. The Morgan fingerprint density at radius 2 is 2.13 bits per heavy atom. The summed E-state index contributed by atoms with van der Waals surface area (Å²) in [6.45, 7) is 1.10. The summed E-state index contributed by atoms with van der Waals surface area (Å²) in [4.78, 5) is 11.6. The number of benzene rings is 1. The van der Waals surface area contributed by atoms with E-state index < -0.39 is 6.10 Å². The molecular weight excluding hydrogens is 288 g/mol. The van der Waals surface area contributed by atoms with Crippen molar-refractivity contribution in [3.63, 3.8) is 0 Å². The fourth-order valence-electron chi connectivity index (χ4n) is 5.26. The van der Waals surface area contributed by atoms with Gasteiger partial charge in [-0.05, 0) is 29.7 Å². The number of primary amides is 1. The van der Waals surface area contributed by atoms with Gasteiger partial charge in [-0.1, -0.05) is 18.2 Å². The van der Waals surface area contributed by atoms with Gasteiger partial charge in [0.1, 0.15) is 0 Å². The van der Waals surface area contributed by atoms with Gasteiger partial charge in [-0.25, -0.2) is 0 Å². The highest BCUT2D eigenvalue weighted by Crippen LogP contribution is 2.55. The van der Waals surface area contributed by atoms with Crippen LogP contribution < -0.4 is 5.73 Å². The largest absolute Gasteiger partial charge is 0.389 e. The van der Waals surface area contributed by atoms with Gasteiger partial charge in [-0.15, -0.1) is 0 Å². The molecule has 1 aromatic rings. The number of rotatable bonds is 1. The molecule has 0 aromatic heterocycles. The van der Waals surface area contributed by atoms with E-state index in [-0.39, 0.29) is 11.3 Å². The summed E-state index contributed by atoms with van der Waals surface area (Å²) >= 11 is 0. The number of aliphatic hydroxyl groups is 1. The van der Waals surface area contributed by atoms with Crippen LogP contribution >= 0.6 is 0 Å². The number of piperidine rings is 1. The van der Waals surface area contributed by atoms with Crippen molar-refractivity contribution in [3.05, 3.63) is 47.0 Å². The molecule has 4 rings (SSSR count). The number of carbonyl (C=O) groups is 1. The van der Waals surface area contributed by atoms with Crippen molar-refractivity contribution in [2.24, 2.45) is 11.7 Å². The molecule has 1 heterocycles. The number of likely N-dealkylation sites (N-methyl/N-ethyl adjacent to an activating group) is 1. The molecule has 1 amide bonds. The van der Waals surface area contributed by atoms with E-state index in [9.17, 15) is 9.90 Å². The van der Waals surface area contributed by atoms with E-state index in [4.69, 9.17) is 5.73 Å². The first-order chi connectivity index (χ1) is 10.8. The van der Waals surface area contributed by atoms with Crippen molar-refractivity contribution in [2.45, 2.75) is 36.8 Å². The number of carbonyl (C=O) groups excluding carboxylic acids is 1. The van der Waals surface area contributed by atoms with Crippen LogP contribution in [0.3, 0.4) is 0 Å². The number of likely N-dealkylation sites (tertiary alicyclic amines) is 1. The van der Waals surface area contributed by atoms with Gasteiger partial charge in [0.15, 0.2) is 0 Å². The molecule has 3 aliphatic rings. The number of hydrogen-bond acceptors (Lipinski definition) is 2. The number of nitrogens with two attached hydrogens (primary N) is 1. The summed E-state index contributed by atoms with van der Waals surface area (Å²) in [7, 11) is 4.63. The van der Waals surface area contributed by atoms with Crippen molar-refractivity contribution in [2.75, 3.05) is 20.6 Å². The summed E-state index contributed by atoms with van der Waals surface area (Å²) in [6.07, 6.45) is 6.61. The molecule has 3 N–H and O–H groups in total. The lowest BCUT2D eigenvalue weighted by atomic mass is 9.53. The SMILES string of the molecule is C[N+]1(C)CC[C@]23CC(O)C=CC2[C@H]1Cc1ccc(C(N)=O)cc13. The Morgan fingerprint density at radius 3 is 2.87 bits per heavy atom. The van der Waals surface area contributed by atoms with Gasteiger partial charge in [0.25, 0.3) is 0 Å². The van der Waals surface area contributed by atoms with E-state index in [1.54, 1.807) is 0 Å². The summed E-state index contributed by atoms with van der Waals surface area (Å²) in [5.74, 6) is 0.0481. The molecule has 2 aliphatic carbocycles. The monoisotopic (exact) mass is 313 g/mol. The van der Waals surface area contributed by atoms with Crippen LogP contribution in [-0.2, 0) is 11.8 Å². The molecule has 23 heavy (non-hydrogen) atoms. The van der Waals surface area contributed by atoms with Gasteiger partial charge in [0, 0.05) is 29.7 Å². The maximum Gasteiger partial charge on any atom is 0.248 e. The smallest absolute Gasteiger partial charge is 0.248 e. The lowest BCUT2D eigenvalue weighted by molar-refractivity contribution is -0.926. The molecule has 1 aromatic carbocycles. The zero-order valence-electron chi connectivity index (χ0n) is 13.8. The van der Waals surface area contributed by atoms with Crippen LogP contribution in [0.15, 0.2) is 30.4 Å². The molecule has 1 aliphatic heterocycles. The molecule has 4 atom stereocenters. The molecule has 0 radical (unpaired) electrons. The number of amides is 1. The number of hydrogen-bond donors (Lipinski definition) is 2. The second-order valence-electron chi connectivity index (χ2n) is 8.10. The topological polar surface area (TPSA) is 63.3 Å². The van der Waals surface area contributed by atoms with E-state index in [0.717, 1.165) is 30.3 Å². The third-order valence-electron chi connectivity index (χ3n) is 6.56. The number of aliphatic hydroxyl groups excluding tert-OH is 1. The Balaban J connectivity index is 1.94. The van der Waals surface area contributed by atoms with Crippen molar-refractivity contribution in [1.82, 2.24) is 0 Å². The highest BCUT2D eigenvalue weighted by atomic mass is 16.3. The molecule has 4 heteroatoms. The van der Waals surface area contributed by atoms with Gasteiger partial charge in [-0.3, -0.25) is 4.79 Å². The van der Waals surface area contributed by atoms with Crippen LogP contribution in [0, 0.1) is 5.92 Å². The maximum atomic E-state index is 11.6. The number of nitrogens with zero attached hydrogens (tertiary/aromatic N) is 1. The highest BCUT2D eigenvalue weighted by Gasteiger charge is 2.58. The molecule has 2 bridgehead atoms. The molecule has 1 saturated heterocycles. The van der Waals surface area contributed by atoms with Crippen molar-refractivity contribution < 1.29 is 14.4 Å². The van der Waals surface area contributed by atoms with Gasteiger partial charge >= 0.3 is 0 Å². The molecular formula is C19H25N2O2+. The van der Waals surface area contributed by atoms with E-state index in [2.05, 4.69) is 26.2 Å². The Hall–Kier alpha value is -1.65. The highest BCUT2D eigenvalue weighted by molar-refractivity contribution is 5.93. The minimum atomic E-state index is -0.399. The second kappa shape index (κ2) is 4.68. The van der Waals surface area contributed by atoms with Crippen LogP contribution in [0.4, 0.5) is 0 Å². The number of quaternary nitrogens is 1. The van der Waals surface area contributed by atoms with Gasteiger partial charge < -0.3 is 15.3 Å². The first-order valence-electron chi connectivity index (χ1n) is 8.46. The first-order valence-corrected chi connectivity index (χ1v) is 8.46. The van der Waals surface area contributed by atoms with Crippen molar-refractivity contribution in [1.29, 1.82) is 0 Å². The molecule has 4 nitrogen and oxygen atoms in total. The van der Waals surface area contributed by atoms with Crippen LogP contribution in [0.5, 0.6) is 0 Å². The standard InChI is InChI=1S/C19H24N2O2/c1-21(2)8-7-19-11-14(22)5-6-15(19)17(21)10-12-3-4-13(18(20)23)9-16(12)19/h3-6,9,14-15,17,22H,7-8,10-11H2,1-2H3,(H-,20,23)/p+1/t14?,15?,17-,19+/m1/s1. The van der Waals surface area contributed by atoms with Crippen molar-refractivity contribution in [3.8, 4) is 0 Å². The van der Waals surface area contributed by atoms with E-state index in [0.29, 0.717) is 17.5 Å². The Kier molecular flexibility index (Phi) is 3.03. The predicted molar refractivity (Wildman–Crippen MR) is 89.0 cm³/mol. The lowest BCUT2D eigenvalue weighted by Gasteiger charge is -2.59. The average molecular weight is 313 g/mol. The van der Waals surface area contributed by atoms with Gasteiger partial charge in [0.2, 0.25) is 5.91 Å². The van der Waals surface area contributed by atoms with E-state index >= 15 is 0 Å². The van der Waals surface area contributed by atoms with Crippen LogP contribution in [0.25, 0.3) is 0 Å². The Labute approximate surface area is 137 Å². The van der Waals surface area contributed by atoms with Crippen LogP contribution in [0.1, 0.15) is 34.3 Å². The van der Waals surface area contributed by atoms with E-state index in [1.807, 2.05) is 18.2 Å². The maximum absolute atomic E-state index is 11.6. The molecule has 0 saturated carbocycles. The zero-order valence-corrected chi connectivity index (χ0v) is 13.8. The Bertz CT molecular complexity index is 709. The summed E-state index contributed by atoms with van der Waals surface area (Å²) < 4.78 is 1.02. The van der Waals surface area contributed by atoms with Crippen LogP contribution in [-0.4, -0.2) is 48.3 Å². The minimum absolute atomic E-state index is 0.0500.